The molecule has 0 unspecified atom stereocenters. The highest BCUT2D eigenvalue weighted by Gasteiger charge is 2.30. The first kappa shape index (κ1) is 25.3. The smallest absolute Gasteiger partial charge is 0.225 e. The second-order valence-corrected chi connectivity index (χ2v) is 10.4. The van der Waals surface area contributed by atoms with Crippen molar-refractivity contribution in [2.75, 3.05) is 23.8 Å². The number of primary amides is 1. The van der Waals surface area contributed by atoms with Crippen LogP contribution in [0.3, 0.4) is 0 Å². The van der Waals surface area contributed by atoms with Gasteiger partial charge in [0.05, 0.1) is 34.6 Å². The zero-order valence-corrected chi connectivity index (χ0v) is 21.5. The molecule has 9 nitrogen and oxygen atoms in total. The van der Waals surface area contributed by atoms with Gasteiger partial charge in [0.25, 0.3) is 0 Å². The summed E-state index contributed by atoms with van der Waals surface area (Å²) >= 11 is 18.9. The van der Waals surface area contributed by atoms with E-state index in [0.29, 0.717) is 82.5 Å². The third-order valence-corrected chi connectivity index (χ3v) is 7.56. The lowest BCUT2D eigenvalue weighted by atomic mass is 9.85. The molecule has 1 saturated carbocycles. The number of halogens is 4. The van der Waals surface area contributed by atoms with Gasteiger partial charge in [-0.2, -0.15) is 4.98 Å². The predicted octanol–water partition coefficient (Wildman–Crippen LogP) is 5.29. The number of amides is 1. The number of hydrogen-bond acceptors (Lipinski definition) is 7. The third kappa shape index (κ3) is 5.18. The lowest BCUT2D eigenvalue weighted by Crippen LogP contribution is -2.39. The lowest BCUT2D eigenvalue weighted by molar-refractivity contribution is -0.122. The molecule has 2 fully saturated rings. The first-order valence-electron chi connectivity index (χ1n) is 11.7. The number of nitrogens with one attached hydrogen (secondary N) is 2. The summed E-state index contributed by atoms with van der Waals surface area (Å²) in [7, 11) is 0. The van der Waals surface area contributed by atoms with Crippen LogP contribution in [0.5, 0.6) is 0 Å². The monoisotopic (exact) mass is 555 g/mol. The Morgan fingerprint density at radius 3 is 2.50 bits per heavy atom. The van der Waals surface area contributed by atoms with Crippen LogP contribution in [-0.2, 0) is 9.53 Å². The van der Waals surface area contributed by atoms with Crippen LogP contribution < -0.4 is 16.4 Å². The molecule has 3 heterocycles. The van der Waals surface area contributed by atoms with E-state index in [2.05, 4.69) is 15.6 Å². The number of benzene rings is 1. The summed E-state index contributed by atoms with van der Waals surface area (Å²) in [4.78, 5) is 25.5. The number of nitrogens with two attached hydrogens (primary N) is 1. The topological polar surface area (TPSA) is 120 Å². The normalized spacial score (nSPS) is 24.6. The van der Waals surface area contributed by atoms with Gasteiger partial charge in [0.2, 0.25) is 17.8 Å². The van der Waals surface area contributed by atoms with E-state index in [1.165, 1.54) is 0 Å². The molecule has 2 atom stereocenters. The molecule has 1 amide bonds. The Kier molecular flexibility index (Phi) is 7.39. The van der Waals surface area contributed by atoms with Crippen LogP contribution in [0.25, 0.3) is 11.2 Å². The van der Waals surface area contributed by atoms with Gasteiger partial charge >= 0.3 is 0 Å². The number of nitrogens with zero attached hydrogens (tertiary/aromatic N) is 4. The van der Waals surface area contributed by atoms with Crippen molar-refractivity contribution in [2.24, 2.45) is 11.7 Å². The predicted molar refractivity (Wildman–Crippen MR) is 138 cm³/mol. The quantitative estimate of drug-likeness (QED) is 0.377. The molecule has 0 radical (unpaired) electrons. The van der Waals surface area contributed by atoms with Gasteiger partial charge in [-0.3, -0.25) is 9.36 Å². The molecule has 1 saturated heterocycles. The molecule has 0 spiro atoms. The molecule has 2 aromatic heterocycles. The van der Waals surface area contributed by atoms with Crippen molar-refractivity contribution in [3.63, 3.8) is 0 Å². The molecule has 2 aliphatic rings. The highest BCUT2D eigenvalue weighted by atomic mass is 35.5. The van der Waals surface area contributed by atoms with Crippen LogP contribution in [0.15, 0.2) is 18.3 Å². The van der Waals surface area contributed by atoms with E-state index in [-0.39, 0.29) is 24.5 Å². The summed E-state index contributed by atoms with van der Waals surface area (Å²) in [5, 5.41) is 7.43. The number of carbonyl (C=O) groups is 1. The Labute approximate surface area is 221 Å². The number of ether oxygens (including phenoxy) is 1. The fraction of sp³-hybridized carbons (Fsp3) is 0.478. The van der Waals surface area contributed by atoms with Gasteiger partial charge in [0, 0.05) is 23.6 Å². The highest BCUT2D eigenvalue weighted by Crippen LogP contribution is 2.40. The molecule has 1 aliphatic carbocycles. The minimum Gasteiger partial charge on any atom is -0.378 e. The Morgan fingerprint density at radius 2 is 1.83 bits per heavy atom. The minimum absolute atomic E-state index is 0.0160. The Balaban J connectivity index is 1.53. The van der Waals surface area contributed by atoms with Crippen LogP contribution in [0, 0.1) is 5.92 Å². The van der Waals surface area contributed by atoms with E-state index in [1.54, 1.807) is 18.3 Å². The number of fused-ring (bicyclic) bond motifs is 1. The average Bonchev–Trinajstić information content (AvgIpc) is 3.20. The van der Waals surface area contributed by atoms with Crippen LogP contribution in [0.2, 0.25) is 15.1 Å². The summed E-state index contributed by atoms with van der Waals surface area (Å²) in [5.41, 5.74) is 7.11. The molecule has 1 aliphatic heterocycles. The van der Waals surface area contributed by atoms with Crippen molar-refractivity contribution in [1.29, 1.82) is 0 Å². The van der Waals surface area contributed by atoms with Crippen molar-refractivity contribution < 1.29 is 13.9 Å². The average molecular weight is 557 g/mol. The molecular formula is C23H25Cl3FN7O2. The number of hydrogen-bond donors (Lipinski definition) is 3. The zero-order valence-electron chi connectivity index (χ0n) is 19.2. The standard InChI is InChI=1S/C23H25Cl3FN7O2/c24-12-7-14(25)19(15(26)8-12)32-23-31-18-9-29-22(30-17-5-6-36-10-16(17)27)33-21(18)34(23)13-3-1-11(2-4-13)20(28)35/h7-9,11,13,16-17H,1-6,10H2,(H2,28,35)(H,31,32)(H,29,30,33)/t11-,13+,16-,17-/m1/s1. The van der Waals surface area contributed by atoms with E-state index in [9.17, 15) is 9.18 Å². The molecule has 1 aromatic carbocycles. The second kappa shape index (κ2) is 10.5. The van der Waals surface area contributed by atoms with Crippen molar-refractivity contribution in [3.05, 3.63) is 33.4 Å². The number of carbonyl (C=O) groups excluding carboxylic acids is 1. The number of rotatable bonds is 6. The highest BCUT2D eigenvalue weighted by molar-refractivity contribution is 6.41. The summed E-state index contributed by atoms with van der Waals surface area (Å²) in [5.74, 6) is 0.334. The number of aromatic nitrogens is 4. The molecule has 13 heteroatoms. The van der Waals surface area contributed by atoms with Crippen LogP contribution in [0.4, 0.5) is 22.0 Å². The van der Waals surface area contributed by atoms with Crippen molar-refractivity contribution >= 4 is 69.5 Å². The van der Waals surface area contributed by atoms with Crippen molar-refractivity contribution in [2.45, 2.75) is 50.4 Å². The zero-order chi connectivity index (χ0) is 25.4. The van der Waals surface area contributed by atoms with Gasteiger partial charge in [-0.05, 0) is 44.2 Å². The molecule has 4 N–H and O–H groups in total. The van der Waals surface area contributed by atoms with Crippen molar-refractivity contribution in [1.82, 2.24) is 19.5 Å². The van der Waals surface area contributed by atoms with Gasteiger partial charge in [0.15, 0.2) is 5.65 Å². The maximum Gasteiger partial charge on any atom is 0.225 e. The molecular weight excluding hydrogens is 532 g/mol. The first-order valence-corrected chi connectivity index (χ1v) is 12.9. The maximum absolute atomic E-state index is 14.3. The van der Waals surface area contributed by atoms with Crippen LogP contribution in [-0.4, -0.2) is 50.9 Å². The fourth-order valence-corrected chi connectivity index (χ4v) is 5.73. The van der Waals surface area contributed by atoms with Gasteiger partial charge in [-0.25, -0.2) is 14.4 Å². The van der Waals surface area contributed by atoms with E-state index in [0.717, 1.165) is 0 Å². The Morgan fingerprint density at radius 1 is 1.11 bits per heavy atom. The SMILES string of the molecule is NC(=O)[C@H]1CC[C@@H](n2c(Nc3c(Cl)cc(Cl)cc3Cl)nc3cnc(N[C@@H]4CCOC[C@H]4F)nc32)CC1. The fourth-order valence-electron chi connectivity index (χ4n) is 4.82. The first-order chi connectivity index (χ1) is 17.3. The van der Waals surface area contributed by atoms with Crippen LogP contribution in [0.1, 0.15) is 38.1 Å². The number of imidazole rings is 1. The van der Waals surface area contributed by atoms with Gasteiger partial charge < -0.3 is 21.1 Å². The molecule has 5 rings (SSSR count). The maximum atomic E-state index is 14.3. The molecule has 3 aromatic rings. The molecule has 192 valence electrons. The van der Waals surface area contributed by atoms with E-state index in [4.69, 9.17) is 55.2 Å². The Hall–Kier alpha value is -2.40. The summed E-state index contributed by atoms with van der Waals surface area (Å²) in [6.45, 7) is 0.510. The Bertz CT molecular complexity index is 1260. The molecule has 0 bridgehead atoms. The number of anilines is 3. The largest absolute Gasteiger partial charge is 0.378 e. The minimum atomic E-state index is -1.15. The van der Waals surface area contributed by atoms with E-state index in [1.807, 2.05) is 4.57 Å². The lowest BCUT2D eigenvalue weighted by Gasteiger charge is -2.29. The third-order valence-electron chi connectivity index (χ3n) is 6.74. The van der Waals surface area contributed by atoms with E-state index < -0.39 is 12.2 Å². The summed E-state index contributed by atoms with van der Waals surface area (Å²) in [6, 6.07) is 2.72. The van der Waals surface area contributed by atoms with Gasteiger partial charge in [0.1, 0.15) is 11.7 Å². The second-order valence-electron chi connectivity index (χ2n) is 9.12. The number of alkyl halides is 1. The van der Waals surface area contributed by atoms with Gasteiger partial charge in [-0.1, -0.05) is 34.8 Å². The van der Waals surface area contributed by atoms with Gasteiger partial charge in [-0.15, -0.1) is 0 Å². The molecule has 36 heavy (non-hydrogen) atoms. The van der Waals surface area contributed by atoms with E-state index >= 15 is 0 Å². The van der Waals surface area contributed by atoms with Crippen LogP contribution >= 0.6 is 34.8 Å². The summed E-state index contributed by atoms with van der Waals surface area (Å²) < 4.78 is 21.5. The van der Waals surface area contributed by atoms with Crippen molar-refractivity contribution in [3.8, 4) is 0 Å². The summed E-state index contributed by atoms with van der Waals surface area (Å²) in [6.07, 6.45) is 3.67.